The Labute approximate surface area is 85.4 Å². The van der Waals surface area contributed by atoms with Crippen LogP contribution in [0.1, 0.15) is 30.3 Å². The molecule has 0 bridgehead atoms. The van der Waals surface area contributed by atoms with Gasteiger partial charge in [0.1, 0.15) is 10.5 Å². The summed E-state index contributed by atoms with van der Waals surface area (Å²) in [7, 11) is 0. The highest BCUT2D eigenvalue weighted by atomic mass is 32.1. The number of aromatic nitrogens is 2. The predicted molar refractivity (Wildman–Crippen MR) is 51.2 cm³/mol. The van der Waals surface area contributed by atoms with Crippen LogP contribution in [-0.4, -0.2) is 32.8 Å². The zero-order valence-corrected chi connectivity index (χ0v) is 8.40. The summed E-state index contributed by atoms with van der Waals surface area (Å²) in [5.41, 5.74) is 1.64. The van der Waals surface area contributed by atoms with Crippen LogP contribution < -0.4 is 0 Å². The largest absolute Gasteiger partial charge is 0.465 e. The molecule has 6 heteroatoms. The fraction of sp³-hybridized carbons (Fsp3) is 0.625. The van der Waals surface area contributed by atoms with Crippen LogP contribution >= 0.6 is 11.3 Å². The van der Waals surface area contributed by atoms with Crippen LogP contribution in [0, 0.1) is 0 Å². The molecule has 0 radical (unpaired) electrons. The molecule has 1 amide bonds. The van der Waals surface area contributed by atoms with Crippen molar-refractivity contribution in [2.75, 3.05) is 6.54 Å². The first kappa shape index (κ1) is 9.39. The first-order chi connectivity index (χ1) is 6.79. The summed E-state index contributed by atoms with van der Waals surface area (Å²) in [6.07, 6.45) is 2.02. The summed E-state index contributed by atoms with van der Waals surface area (Å²) in [5, 5.41) is 17.5. The lowest BCUT2D eigenvalue weighted by Crippen LogP contribution is -2.37. The van der Waals surface area contributed by atoms with E-state index in [4.69, 9.17) is 5.11 Å². The van der Waals surface area contributed by atoms with E-state index in [1.54, 1.807) is 5.51 Å². The highest BCUT2D eigenvalue weighted by Crippen LogP contribution is 2.31. The number of carbonyl (C=O) groups is 1. The molecule has 0 aromatic carbocycles. The van der Waals surface area contributed by atoms with Gasteiger partial charge < -0.3 is 5.11 Å². The summed E-state index contributed by atoms with van der Waals surface area (Å²) in [5.74, 6) is 0. The Morgan fingerprint density at radius 1 is 1.64 bits per heavy atom. The average molecular weight is 213 g/mol. The molecule has 0 saturated carbocycles. The van der Waals surface area contributed by atoms with Gasteiger partial charge in [0.05, 0.1) is 6.04 Å². The maximum atomic E-state index is 10.9. The molecule has 0 spiro atoms. The predicted octanol–water partition coefficient (Wildman–Crippen LogP) is 1.74. The second kappa shape index (κ2) is 3.91. The molecule has 0 aliphatic carbocycles. The van der Waals surface area contributed by atoms with Gasteiger partial charge in [-0.1, -0.05) is 0 Å². The minimum atomic E-state index is -0.857. The third kappa shape index (κ3) is 1.70. The van der Waals surface area contributed by atoms with Crippen molar-refractivity contribution in [3.8, 4) is 0 Å². The van der Waals surface area contributed by atoms with E-state index >= 15 is 0 Å². The maximum Gasteiger partial charge on any atom is 0.407 e. The van der Waals surface area contributed by atoms with Gasteiger partial charge >= 0.3 is 6.09 Å². The Morgan fingerprint density at radius 3 is 3.14 bits per heavy atom. The van der Waals surface area contributed by atoms with Crippen LogP contribution in [0.5, 0.6) is 0 Å². The second-order valence-electron chi connectivity index (χ2n) is 3.26. The minimum Gasteiger partial charge on any atom is -0.465 e. The number of amides is 1. The monoisotopic (exact) mass is 213 g/mol. The van der Waals surface area contributed by atoms with Crippen molar-refractivity contribution in [2.24, 2.45) is 0 Å². The molecular formula is C8H11N3O2S. The van der Waals surface area contributed by atoms with Gasteiger partial charge in [0.25, 0.3) is 0 Å². The first-order valence-electron chi connectivity index (χ1n) is 4.54. The van der Waals surface area contributed by atoms with Crippen molar-refractivity contribution >= 4 is 17.4 Å². The van der Waals surface area contributed by atoms with Gasteiger partial charge in [-0.25, -0.2) is 4.79 Å². The molecule has 1 fully saturated rings. The zero-order valence-electron chi connectivity index (χ0n) is 7.59. The van der Waals surface area contributed by atoms with Gasteiger partial charge in [-0.05, 0) is 19.3 Å². The number of hydrogen-bond acceptors (Lipinski definition) is 4. The van der Waals surface area contributed by atoms with E-state index in [1.807, 2.05) is 0 Å². The maximum absolute atomic E-state index is 10.9. The second-order valence-corrected chi connectivity index (χ2v) is 4.13. The van der Waals surface area contributed by atoms with Gasteiger partial charge in [-0.15, -0.1) is 21.5 Å². The number of nitrogens with zero attached hydrogens (tertiary/aromatic N) is 3. The Balaban J connectivity index is 2.18. The van der Waals surface area contributed by atoms with Crippen molar-refractivity contribution in [3.63, 3.8) is 0 Å². The van der Waals surface area contributed by atoms with Crippen LogP contribution in [0.3, 0.4) is 0 Å². The van der Waals surface area contributed by atoms with Crippen LogP contribution in [0.2, 0.25) is 0 Å². The molecule has 1 atom stereocenters. The van der Waals surface area contributed by atoms with Crippen LogP contribution in [-0.2, 0) is 0 Å². The van der Waals surface area contributed by atoms with E-state index < -0.39 is 6.09 Å². The van der Waals surface area contributed by atoms with Crippen LogP contribution in [0.15, 0.2) is 5.51 Å². The Bertz CT molecular complexity index is 314. The average Bonchev–Trinajstić information content (AvgIpc) is 2.70. The third-order valence-electron chi connectivity index (χ3n) is 2.41. The Hall–Kier alpha value is -1.17. The molecule has 2 heterocycles. The molecule has 2 rings (SSSR count). The normalized spacial score (nSPS) is 22.3. The molecule has 1 aliphatic heterocycles. The fourth-order valence-corrected chi connectivity index (χ4v) is 2.44. The van der Waals surface area contributed by atoms with Crippen LogP contribution in [0.25, 0.3) is 0 Å². The molecule has 1 N–H and O–H groups in total. The topological polar surface area (TPSA) is 66.3 Å². The summed E-state index contributed by atoms with van der Waals surface area (Å²) in [6.45, 7) is 0.611. The van der Waals surface area contributed by atoms with Crippen molar-refractivity contribution in [3.05, 3.63) is 10.5 Å². The van der Waals surface area contributed by atoms with Crippen molar-refractivity contribution in [1.82, 2.24) is 15.1 Å². The van der Waals surface area contributed by atoms with E-state index in [9.17, 15) is 4.79 Å². The van der Waals surface area contributed by atoms with Crippen LogP contribution in [0.4, 0.5) is 4.79 Å². The molecule has 1 saturated heterocycles. The standard InChI is InChI=1S/C8H11N3O2S/c12-8(13)11-4-2-1-3-6(11)7-10-9-5-14-7/h5-6H,1-4H2,(H,12,13). The molecule has 1 aromatic rings. The molecule has 5 nitrogen and oxygen atoms in total. The Kier molecular flexibility index (Phi) is 2.62. The number of carboxylic acid groups (broad SMARTS) is 1. The molecule has 14 heavy (non-hydrogen) atoms. The number of piperidine rings is 1. The SMILES string of the molecule is O=C(O)N1CCCCC1c1nncs1. The highest BCUT2D eigenvalue weighted by Gasteiger charge is 2.29. The van der Waals surface area contributed by atoms with E-state index in [2.05, 4.69) is 10.2 Å². The number of hydrogen-bond donors (Lipinski definition) is 1. The van der Waals surface area contributed by atoms with Crippen molar-refractivity contribution in [2.45, 2.75) is 25.3 Å². The molecule has 76 valence electrons. The molecule has 1 unspecified atom stereocenters. The van der Waals surface area contributed by atoms with Gasteiger partial charge in [0.2, 0.25) is 0 Å². The number of likely N-dealkylation sites (tertiary alicyclic amines) is 1. The fourth-order valence-electron chi connectivity index (χ4n) is 1.74. The molecule has 1 aromatic heterocycles. The van der Waals surface area contributed by atoms with Gasteiger partial charge in [0, 0.05) is 6.54 Å². The van der Waals surface area contributed by atoms with E-state index in [0.29, 0.717) is 6.54 Å². The van der Waals surface area contributed by atoms with E-state index in [0.717, 1.165) is 24.3 Å². The lowest BCUT2D eigenvalue weighted by atomic mass is 10.0. The first-order valence-corrected chi connectivity index (χ1v) is 5.42. The molecule has 1 aliphatic rings. The lowest BCUT2D eigenvalue weighted by molar-refractivity contribution is 0.106. The quantitative estimate of drug-likeness (QED) is 0.771. The smallest absolute Gasteiger partial charge is 0.407 e. The summed E-state index contributed by atoms with van der Waals surface area (Å²) < 4.78 is 0. The summed E-state index contributed by atoms with van der Waals surface area (Å²) >= 11 is 1.42. The third-order valence-corrected chi connectivity index (χ3v) is 3.21. The Morgan fingerprint density at radius 2 is 2.50 bits per heavy atom. The highest BCUT2D eigenvalue weighted by molar-refractivity contribution is 7.09. The summed E-state index contributed by atoms with van der Waals surface area (Å²) in [6, 6.07) is -0.0752. The van der Waals surface area contributed by atoms with Gasteiger partial charge in [-0.2, -0.15) is 0 Å². The zero-order chi connectivity index (χ0) is 9.97. The van der Waals surface area contributed by atoms with Crippen molar-refractivity contribution < 1.29 is 9.90 Å². The number of rotatable bonds is 1. The van der Waals surface area contributed by atoms with Gasteiger partial charge in [-0.3, -0.25) is 4.90 Å². The van der Waals surface area contributed by atoms with Crippen molar-refractivity contribution in [1.29, 1.82) is 0 Å². The lowest BCUT2D eigenvalue weighted by Gasteiger charge is -2.31. The van der Waals surface area contributed by atoms with Gasteiger partial charge in [0.15, 0.2) is 0 Å². The summed E-state index contributed by atoms with van der Waals surface area (Å²) in [4.78, 5) is 12.4. The minimum absolute atomic E-state index is 0.0752. The van der Waals surface area contributed by atoms with E-state index in [1.165, 1.54) is 16.2 Å². The van der Waals surface area contributed by atoms with E-state index in [-0.39, 0.29) is 6.04 Å². The molecular weight excluding hydrogens is 202 g/mol.